The van der Waals surface area contributed by atoms with E-state index >= 15 is 0 Å². The molecule has 1 aromatic carbocycles. The highest BCUT2D eigenvalue weighted by Gasteiger charge is 2.20. The lowest BCUT2D eigenvalue weighted by Crippen LogP contribution is -2.12. The molecule has 1 unspecified atom stereocenters. The first kappa shape index (κ1) is 11.6. The lowest BCUT2D eigenvalue weighted by atomic mass is 10.1. The minimum Gasteiger partial charge on any atom is -0.370 e. The zero-order chi connectivity index (χ0) is 12.5. The molecule has 18 heavy (non-hydrogen) atoms. The molecule has 5 heteroatoms. The van der Waals surface area contributed by atoms with Crippen LogP contribution in [0, 0.1) is 5.82 Å². The molecule has 2 heterocycles. The van der Waals surface area contributed by atoms with Crippen LogP contribution in [0.1, 0.15) is 36.8 Å². The molecule has 96 valence electrons. The molecule has 0 bridgehead atoms. The first-order chi connectivity index (χ1) is 8.78. The third kappa shape index (κ3) is 2.00. The van der Waals surface area contributed by atoms with Gasteiger partial charge in [0.2, 0.25) is 0 Å². The molecule has 1 aromatic heterocycles. The number of halogens is 1. The van der Waals surface area contributed by atoms with E-state index in [0.29, 0.717) is 11.1 Å². The van der Waals surface area contributed by atoms with Gasteiger partial charge in [-0.1, -0.05) is 0 Å². The van der Waals surface area contributed by atoms with Gasteiger partial charge in [-0.3, -0.25) is 0 Å². The van der Waals surface area contributed by atoms with Gasteiger partial charge in [0.1, 0.15) is 17.7 Å². The molecular weight excluding hydrogens is 233 g/mol. The minimum atomic E-state index is -0.299. The molecule has 0 saturated carbocycles. The predicted octanol–water partition coefficient (Wildman–Crippen LogP) is 2.40. The maximum absolute atomic E-state index is 13.6. The zero-order valence-corrected chi connectivity index (χ0v) is 10.1. The van der Waals surface area contributed by atoms with E-state index in [-0.39, 0.29) is 18.5 Å². The summed E-state index contributed by atoms with van der Waals surface area (Å²) >= 11 is 0. The number of H-pyrrole nitrogens is 1. The summed E-state index contributed by atoms with van der Waals surface area (Å²) in [4.78, 5) is 7.62. The molecule has 0 amide bonds. The third-order valence-corrected chi connectivity index (χ3v) is 3.37. The van der Waals surface area contributed by atoms with Gasteiger partial charge in [0, 0.05) is 24.8 Å². The maximum Gasteiger partial charge on any atom is 0.136 e. The number of imidazole rings is 1. The molecule has 0 radical (unpaired) electrons. The fourth-order valence-corrected chi connectivity index (χ4v) is 2.36. The van der Waals surface area contributed by atoms with E-state index in [1.165, 1.54) is 6.07 Å². The molecule has 0 aliphatic carbocycles. The number of nitrogens with two attached hydrogens (primary N) is 1. The van der Waals surface area contributed by atoms with E-state index in [9.17, 15) is 4.39 Å². The molecule has 1 aliphatic rings. The molecule has 1 aliphatic heterocycles. The Morgan fingerprint density at radius 1 is 1.44 bits per heavy atom. The molecule has 3 rings (SSSR count). The van der Waals surface area contributed by atoms with Gasteiger partial charge in [0.25, 0.3) is 0 Å². The predicted molar refractivity (Wildman–Crippen MR) is 66.5 cm³/mol. The fraction of sp³-hybridized carbons (Fsp3) is 0.462. The number of fused-ring (bicyclic) bond motifs is 1. The minimum absolute atomic E-state index is 0.00976. The van der Waals surface area contributed by atoms with Crippen molar-refractivity contribution in [2.45, 2.75) is 31.9 Å². The SMILES string of the molecule is NCc1cc2[nH]c(C3CCCCO3)nc2cc1F. The van der Waals surface area contributed by atoms with Crippen LogP contribution in [-0.4, -0.2) is 16.6 Å². The Morgan fingerprint density at radius 2 is 2.33 bits per heavy atom. The van der Waals surface area contributed by atoms with Gasteiger partial charge in [-0.25, -0.2) is 9.37 Å². The monoisotopic (exact) mass is 249 g/mol. The Labute approximate surface area is 104 Å². The summed E-state index contributed by atoms with van der Waals surface area (Å²) in [5, 5.41) is 0. The second-order valence-corrected chi connectivity index (χ2v) is 4.64. The summed E-state index contributed by atoms with van der Waals surface area (Å²) in [6, 6.07) is 3.16. The first-order valence-electron chi connectivity index (χ1n) is 6.27. The second kappa shape index (κ2) is 4.66. The maximum atomic E-state index is 13.6. The summed E-state index contributed by atoms with van der Waals surface area (Å²) in [5.41, 5.74) is 7.45. The van der Waals surface area contributed by atoms with Gasteiger partial charge in [-0.15, -0.1) is 0 Å². The highest BCUT2D eigenvalue weighted by molar-refractivity contribution is 5.76. The lowest BCUT2D eigenvalue weighted by Gasteiger charge is -2.20. The Kier molecular flexibility index (Phi) is 3.01. The van der Waals surface area contributed by atoms with Gasteiger partial charge >= 0.3 is 0 Å². The number of ether oxygens (including phenoxy) is 1. The van der Waals surface area contributed by atoms with Gasteiger partial charge in [-0.05, 0) is 25.3 Å². The van der Waals surface area contributed by atoms with Crippen LogP contribution in [0.2, 0.25) is 0 Å². The van der Waals surface area contributed by atoms with E-state index in [2.05, 4.69) is 9.97 Å². The van der Waals surface area contributed by atoms with E-state index in [0.717, 1.165) is 37.2 Å². The lowest BCUT2D eigenvalue weighted by molar-refractivity contribution is 0.0101. The number of benzene rings is 1. The van der Waals surface area contributed by atoms with Crippen molar-refractivity contribution >= 4 is 11.0 Å². The number of aromatic amines is 1. The Morgan fingerprint density at radius 3 is 3.06 bits per heavy atom. The van der Waals surface area contributed by atoms with E-state index in [1.807, 2.05) is 0 Å². The van der Waals surface area contributed by atoms with Crippen molar-refractivity contribution in [3.05, 3.63) is 29.3 Å². The number of hydrogen-bond donors (Lipinski definition) is 2. The van der Waals surface area contributed by atoms with Crippen molar-refractivity contribution in [1.29, 1.82) is 0 Å². The van der Waals surface area contributed by atoms with Crippen LogP contribution in [0.25, 0.3) is 11.0 Å². The number of nitrogens with one attached hydrogen (secondary N) is 1. The van der Waals surface area contributed by atoms with Crippen LogP contribution in [0.15, 0.2) is 12.1 Å². The van der Waals surface area contributed by atoms with Crippen LogP contribution >= 0.6 is 0 Å². The van der Waals surface area contributed by atoms with Crippen molar-refractivity contribution in [2.75, 3.05) is 6.61 Å². The second-order valence-electron chi connectivity index (χ2n) is 4.64. The van der Waals surface area contributed by atoms with Gasteiger partial charge in [0.05, 0.1) is 11.0 Å². The van der Waals surface area contributed by atoms with Crippen LogP contribution in [0.5, 0.6) is 0 Å². The molecule has 4 nitrogen and oxygen atoms in total. The summed E-state index contributed by atoms with van der Waals surface area (Å²) in [7, 11) is 0. The average Bonchev–Trinajstić information content (AvgIpc) is 2.81. The van der Waals surface area contributed by atoms with Crippen molar-refractivity contribution in [3.63, 3.8) is 0 Å². The summed E-state index contributed by atoms with van der Waals surface area (Å²) in [5.74, 6) is 0.492. The van der Waals surface area contributed by atoms with Crippen molar-refractivity contribution in [3.8, 4) is 0 Å². The van der Waals surface area contributed by atoms with E-state index in [1.54, 1.807) is 6.07 Å². The standard InChI is InChI=1S/C13H16FN3O/c14-9-6-11-10(5-8(9)7-15)16-13(17-11)12-3-1-2-4-18-12/h5-6,12H,1-4,7,15H2,(H,16,17). The number of nitrogens with zero attached hydrogens (tertiary/aromatic N) is 1. The molecule has 3 N–H and O–H groups in total. The van der Waals surface area contributed by atoms with Crippen molar-refractivity contribution < 1.29 is 9.13 Å². The summed E-state index contributed by atoms with van der Waals surface area (Å²) in [6.45, 7) is 0.959. The zero-order valence-electron chi connectivity index (χ0n) is 10.1. The van der Waals surface area contributed by atoms with Gasteiger partial charge < -0.3 is 15.5 Å². The molecule has 1 atom stereocenters. The van der Waals surface area contributed by atoms with E-state index < -0.39 is 0 Å². The Balaban J connectivity index is 1.99. The molecule has 2 aromatic rings. The third-order valence-electron chi connectivity index (χ3n) is 3.37. The topological polar surface area (TPSA) is 63.9 Å². The van der Waals surface area contributed by atoms with Crippen molar-refractivity contribution in [2.24, 2.45) is 5.73 Å². The van der Waals surface area contributed by atoms with Crippen molar-refractivity contribution in [1.82, 2.24) is 9.97 Å². The van der Waals surface area contributed by atoms with Crippen LogP contribution in [-0.2, 0) is 11.3 Å². The normalized spacial score (nSPS) is 20.4. The largest absolute Gasteiger partial charge is 0.370 e. The summed E-state index contributed by atoms with van der Waals surface area (Å²) < 4.78 is 19.3. The molecule has 1 fully saturated rings. The number of rotatable bonds is 2. The average molecular weight is 249 g/mol. The Hall–Kier alpha value is -1.46. The van der Waals surface area contributed by atoms with Crippen LogP contribution < -0.4 is 5.73 Å². The number of aromatic nitrogens is 2. The first-order valence-corrected chi connectivity index (χ1v) is 6.27. The smallest absolute Gasteiger partial charge is 0.136 e. The number of hydrogen-bond acceptors (Lipinski definition) is 3. The van der Waals surface area contributed by atoms with Crippen LogP contribution in [0.4, 0.5) is 4.39 Å². The van der Waals surface area contributed by atoms with Crippen LogP contribution in [0.3, 0.4) is 0 Å². The quantitative estimate of drug-likeness (QED) is 0.859. The van der Waals surface area contributed by atoms with E-state index in [4.69, 9.17) is 10.5 Å². The molecular formula is C13H16FN3O. The molecule has 0 spiro atoms. The highest BCUT2D eigenvalue weighted by atomic mass is 19.1. The van der Waals surface area contributed by atoms with Gasteiger partial charge in [0.15, 0.2) is 0 Å². The summed E-state index contributed by atoms with van der Waals surface area (Å²) in [6.07, 6.45) is 3.22. The Bertz CT molecular complexity index is 561. The fourth-order valence-electron chi connectivity index (χ4n) is 2.36. The highest BCUT2D eigenvalue weighted by Crippen LogP contribution is 2.28. The molecule has 1 saturated heterocycles. The van der Waals surface area contributed by atoms with Gasteiger partial charge in [-0.2, -0.15) is 0 Å².